The van der Waals surface area contributed by atoms with Crippen LogP contribution >= 0.6 is 23.2 Å². The summed E-state index contributed by atoms with van der Waals surface area (Å²) in [5.41, 5.74) is 6.15. The third-order valence-corrected chi connectivity index (χ3v) is 3.93. The van der Waals surface area contributed by atoms with Crippen LogP contribution in [-0.2, 0) is 0 Å². The van der Waals surface area contributed by atoms with Gasteiger partial charge in [0.25, 0.3) is 5.91 Å². The van der Waals surface area contributed by atoms with E-state index < -0.39 is 0 Å². The average Bonchev–Trinajstić information content (AvgIpc) is 2.37. The third kappa shape index (κ3) is 3.85. The number of hydrogen-bond donors (Lipinski definition) is 1. The molecule has 1 saturated heterocycles. The van der Waals surface area contributed by atoms with Gasteiger partial charge in [0.15, 0.2) is 0 Å². The Morgan fingerprint density at radius 1 is 1.32 bits per heavy atom. The Morgan fingerprint density at radius 3 is 2.63 bits per heavy atom. The highest BCUT2D eigenvalue weighted by molar-refractivity contribution is 6.35. The number of hydrogen-bond acceptors (Lipinski definition) is 2. The van der Waals surface area contributed by atoms with E-state index in [1.54, 1.807) is 18.2 Å². The zero-order valence-corrected chi connectivity index (χ0v) is 12.3. The number of benzene rings is 1. The number of nitrogens with two attached hydrogens (primary N) is 1. The summed E-state index contributed by atoms with van der Waals surface area (Å²) < 4.78 is 0. The van der Waals surface area contributed by atoms with E-state index in [-0.39, 0.29) is 5.91 Å². The zero-order chi connectivity index (χ0) is 13.8. The Bertz CT molecular complexity index is 443. The van der Waals surface area contributed by atoms with Gasteiger partial charge in [0.05, 0.1) is 0 Å². The van der Waals surface area contributed by atoms with Crippen LogP contribution < -0.4 is 5.73 Å². The molecule has 0 bridgehead atoms. The number of halogens is 2. The van der Waals surface area contributed by atoms with Gasteiger partial charge in [-0.3, -0.25) is 4.79 Å². The van der Waals surface area contributed by atoms with Crippen LogP contribution in [0.2, 0.25) is 10.0 Å². The van der Waals surface area contributed by atoms with Gasteiger partial charge in [0.2, 0.25) is 0 Å². The lowest BCUT2D eigenvalue weighted by molar-refractivity contribution is 0.0669. The molecule has 104 valence electrons. The van der Waals surface area contributed by atoms with E-state index in [0.717, 1.165) is 32.4 Å². The topological polar surface area (TPSA) is 46.3 Å². The smallest absolute Gasteiger partial charge is 0.253 e. The molecule has 0 aromatic heterocycles. The first kappa shape index (κ1) is 14.6. The first-order valence-corrected chi connectivity index (χ1v) is 7.31. The number of carbonyl (C=O) groups excluding carboxylic acids is 1. The molecule has 0 aliphatic carbocycles. The number of likely N-dealkylation sites (tertiary alicyclic amines) is 1. The van der Waals surface area contributed by atoms with Crippen LogP contribution in [0.3, 0.4) is 0 Å². The molecule has 1 fully saturated rings. The van der Waals surface area contributed by atoms with Crippen molar-refractivity contribution in [1.29, 1.82) is 0 Å². The summed E-state index contributed by atoms with van der Waals surface area (Å²) >= 11 is 11.9. The fraction of sp³-hybridized carbons (Fsp3) is 0.500. The van der Waals surface area contributed by atoms with Crippen molar-refractivity contribution in [1.82, 2.24) is 4.90 Å². The van der Waals surface area contributed by atoms with Crippen LogP contribution in [0.4, 0.5) is 0 Å². The lowest BCUT2D eigenvalue weighted by Gasteiger charge is -2.32. The summed E-state index contributed by atoms with van der Waals surface area (Å²) in [7, 11) is 0. The van der Waals surface area contributed by atoms with Gasteiger partial charge >= 0.3 is 0 Å². The van der Waals surface area contributed by atoms with Gasteiger partial charge in [-0.1, -0.05) is 23.2 Å². The number of piperidine rings is 1. The SMILES string of the molecule is NCCC1CCCN(C(=O)c2cc(Cl)cc(Cl)c2)C1. The Balaban J connectivity index is 2.10. The lowest BCUT2D eigenvalue weighted by atomic mass is 9.94. The molecule has 1 aromatic rings. The minimum absolute atomic E-state index is 0.00567. The molecule has 0 spiro atoms. The quantitative estimate of drug-likeness (QED) is 0.932. The minimum atomic E-state index is 0.00567. The standard InChI is InChI=1S/C14H18Cl2N2O/c15-12-6-11(7-13(16)8-12)14(19)18-5-1-2-10(9-18)3-4-17/h6-8,10H,1-5,9,17H2. The highest BCUT2D eigenvalue weighted by Crippen LogP contribution is 2.24. The largest absolute Gasteiger partial charge is 0.338 e. The molecule has 0 saturated carbocycles. The third-order valence-electron chi connectivity index (χ3n) is 3.49. The maximum Gasteiger partial charge on any atom is 0.253 e. The van der Waals surface area contributed by atoms with Crippen LogP contribution in [0.15, 0.2) is 18.2 Å². The molecule has 1 aliphatic rings. The number of carbonyl (C=O) groups is 1. The zero-order valence-electron chi connectivity index (χ0n) is 10.7. The molecule has 2 rings (SSSR count). The van der Waals surface area contributed by atoms with Crippen molar-refractivity contribution in [3.8, 4) is 0 Å². The van der Waals surface area contributed by atoms with Crippen molar-refractivity contribution in [2.24, 2.45) is 11.7 Å². The van der Waals surface area contributed by atoms with Crippen LogP contribution in [0, 0.1) is 5.92 Å². The van der Waals surface area contributed by atoms with Crippen molar-refractivity contribution >= 4 is 29.1 Å². The number of amides is 1. The van der Waals surface area contributed by atoms with Gasteiger partial charge in [-0.2, -0.15) is 0 Å². The maximum absolute atomic E-state index is 12.4. The molecule has 1 atom stereocenters. The fourth-order valence-electron chi connectivity index (χ4n) is 2.58. The Hall–Kier alpha value is -0.770. The van der Waals surface area contributed by atoms with E-state index in [2.05, 4.69) is 0 Å². The number of rotatable bonds is 3. The van der Waals surface area contributed by atoms with Crippen LogP contribution in [0.25, 0.3) is 0 Å². The molecule has 1 amide bonds. The number of nitrogens with zero attached hydrogens (tertiary/aromatic N) is 1. The molecule has 19 heavy (non-hydrogen) atoms. The fourth-order valence-corrected chi connectivity index (χ4v) is 3.11. The van der Waals surface area contributed by atoms with Crippen molar-refractivity contribution in [2.75, 3.05) is 19.6 Å². The molecule has 5 heteroatoms. The van der Waals surface area contributed by atoms with E-state index in [4.69, 9.17) is 28.9 Å². The summed E-state index contributed by atoms with van der Waals surface area (Å²) in [5, 5.41) is 0.984. The van der Waals surface area contributed by atoms with Crippen LogP contribution in [0.5, 0.6) is 0 Å². The highest BCUT2D eigenvalue weighted by Gasteiger charge is 2.24. The predicted molar refractivity (Wildman–Crippen MR) is 78.8 cm³/mol. The van der Waals surface area contributed by atoms with Gasteiger partial charge in [-0.25, -0.2) is 0 Å². The minimum Gasteiger partial charge on any atom is -0.338 e. The van der Waals surface area contributed by atoms with Crippen LogP contribution in [-0.4, -0.2) is 30.4 Å². The van der Waals surface area contributed by atoms with Gasteiger partial charge in [-0.15, -0.1) is 0 Å². The van der Waals surface area contributed by atoms with Crippen molar-refractivity contribution < 1.29 is 4.79 Å². The molecule has 3 nitrogen and oxygen atoms in total. The first-order chi connectivity index (χ1) is 9.10. The molecular weight excluding hydrogens is 283 g/mol. The van der Waals surface area contributed by atoms with Gasteiger partial charge < -0.3 is 10.6 Å². The Morgan fingerprint density at radius 2 is 2.00 bits per heavy atom. The monoisotopic (exact) mass is 300 g/mol. The van der Waals surface area contributed by atoms with Gasteiger partial charge in [0.1, 0.15) is 0 Å². The second kappa shape index (κ2) is 6.60. The summed E-state index contributed by atoms with van der Waals surface area (Å²) in [6.07, 6.45) is 3.15. The molecule has 1 unspecified atom stereocenters. The molecule has 0 radical (unpaired) electrons. The van der Waals surface area contributed by atoms with Crippen LogP contribution in [0.1, 0.15) is 29.6 Å². The van der Waals surface area contributed by atoms with Crippen molar-refractivity contribution in [2.45, 2.75) is 19.3 Å². The lowest BCUT2D eigenvalue weighted by Crippen LogP contribution is -2.40. The molecule has 1 aromatic carbocycles. The summed E-state index contributed by atoms with van der Waals surface area (Å²) in [6.45, 7) is 2.25. The van der Waals surface area contributed by atoms with Gasteiger partial charge in [0, 0.05) is 28.7 Å². The van der Waals surface area contributed by atoms with Crippen molar-refractivity contribution in [3.63, 3.8) is 0 Å². The van der Waals surface area contributed by atoms with Gasteiger partial charge in [-0.05, 0) is 49.9 Å². The molecule has 2 N–H and O–H groups in total. The second-order valence-electron chi connectivity index (χ2n) is 4.99. The normalized spacial score (nSPS) is 19.5. The van der Waals surface area contributed by atoms with E-state index in [9.17, 15) is 4.79 Å². The maximum atomic E-state index is 12.4. The highest BCUT2D eigenvalue weighted by atomic mass is 35.5. The van der Waals surface area contributed by atoms with E-state index in [0.29, 0.717) is 28.1 Å². The second-order valence-corrected chi connectivity index (χ2v) is 5.87. The Kier molecular flexibility index (Phi) is 5.08. The molecule has 1 aliphatic heterocycles. The van der Waals surface area contributed by atoms with E-state index in [1.807, 2.05) is 4.90 Å². The first-order valence-electron chi connectivity index (χ1n) is 6.55. The summed E-state index contributed by atoms with van der Waals surface area (Å²) in [5.74, 6) is 0.517. The Labute approximate surface area is 123 Å². The predicted octanol–water partition coefficient (Wildman–Crippen LogP) is 3.19. The molecule has 1 heterocycles. The summed E-state index contributed by atoms with van der Waals surface area (Å²) in [6, 6.07) is 4.97. The van der Waals surface area contributed by atoms with E-state index in [1.165, 1.54) is 0 Å². The molecular formula is C14H18Cl2N2O. The average molecular weight is 301 g/mol. The summed E-state index contributed by atoms with van der Waals surface area (Å²) in [4.78, 5) is 14.3. The van der Waals surface area contributed by atoms with E-state index >= 15 is 0 Å². The van der Waals surface area contributed by atoms with Crippen molar-refractivity contribution in [3.05, 3.63) is 33.8 Å².